The molecule has 9 heteroatoms. The van der Waals surface area contributed by atoms with Crippen molar-refractivity contribution >= 4 is 18.4 Å². The number of likely N-dealkylation sites (tertiary alicyclic amines) is 1. The van der Waals surface area contributed by atoms with E-state index in [1.807, 2.05) is 0 Å². The molecule has 3 rings (SSSR count). The average Bonchev–Trinajstić information content (AvgIpc) is 2.95. The molecule has 152 valence electrons. The number of alkyl halides is 3. The van der Waals surface area contributed by atoms with Crippen molar-refractivity contribution < 1.29 is 27.8 Å². The first-order valence-corrected chi connectivity index (χ1v) is 8.81. The van der Waals surface area contributed by atoms with Crippen LogP contribution >= 0.6 is 12.4 Å². The molecule has 2 fully saturated rings. The number of piperidine rings is 1. The van der Waals surface area contributed by atoms with Gasteiger partial charge in [0.25, 0.3) is 0 Å². The molecule has 2 heterocycles. The predicted molar refractivity (Wildman–Crippen MR) is 96.3 cm³/mol. The highest BCUT2D eigenvalue weighted by Gasteiger charge is 2.41. The van der Waals surface area contributed by atoms with Crippen LogP contribution in [0, 0.1) is 0 Å². The summed E-state index contributed by atoms with van der Waals surface area (Å²) in [6.07, 6.45) is -0.325. The van der Waals surface area contributed by atoms with Crippen LogP contribution < -0.4 is 10.1 Å². The van der Waals surface area contributed by atoms with Crippen molar-refractivity contribution in [3.05, 3.63) is 29.3 Å². The number of carbonyl (C=O) groups is 1. The zero-order valence-corrected chi connectivity index (χ0v) is 15.7. The van der Waals surface area contributed by atoms with E-state index in [-0.39, 0.29) is 23.7 Å². The minimum Gasteiger partial charge on any atom is -0.482 e. The normalized spacial score (nSPS) is 19.7. The summed E-state index contributed by atoms with van der Waals surface area (Å²) < 4.78 is 44.2. The number of ether oxygens (including phenoxy) is 1. The number of benzene rings is 1. The first kappa shape index (κ1) is 21.8. The van der Waals surface area contributed by atoms with Crippen LogP contribution in [0.4, 0.5) is 13.2 Å². The molecule has 0 atom stereocenters. The average molecular weight is 409 g/mol. The summed E-state index contributed by atoms with van der Waals surface area (Å²) in [5.74, 6) is -1.22. The number of carboxylic acids is 1. The molecule has 0 aromatic heterocycles. The number of hydrogen-bond donors (Lipinski definition) is 2. The molecule has 0 saturated carbocycles. The molecule has 1 spiro atoms. The molecule has 2 aliphatic rings. The van der Waals surface area contributed by atoms with Crippen LogP contribution in [-0.4, -0.2) is 47.8 Å². The third-order valence-corrected chi connectivity index (χ3v) is 5.38. The van der Waals surface area contributed by atoms with E-state index in [2.05, 4.69) is 10.2 Å². The lowest BCUT2D eigenvalue weighted by molar-refractivity contribution is -0.139. The van der Waals surface area contributed by atoms with Crippen molar-refractivity contribution in [1.82, 2.24) is 10.2 Å². The van der Waals surface area contributed by atoms with Gasteiger partial charge in [0.05, 0.1) is 5.56 Å². The molecule has 2 aliphatic heterocycles. The molecule has 0 bridgehead atoms. The fraction of sp³-hybridized carbons (Fsp3) is 0.611. The molecule has 0 unspecified atom stereocenters. The Kier molecular flexibility index (Phi) is 6.99. The van der Waals surface area contributed by atoms with Crippen molar-refractivity contribution in [2.75, 3.05) is 26.2 Å². The Bertz CT molecular complexity index is 664. The molecule has 1 aromatic carbocycles. The lowest BCUT2D eigenvalue weighted by Crippen LogP contribution is -2.50. The first-order valence-electron chi connectivity index (χ1n) is 8.81. The highest BCUT2D eigenvalue weighted by molar-refractivity contribution is 5.85. The van der Waals surface area contributed by atoms with Crippen LogP contribution in [0.5, 0.6) is 5.75 Å². The quantitative estimate of drug-likeness (QED) is 0.782. The van der Waals surface area contributed by atoms with E-state index in [1.165, 1.54) is 6.07 Å². The minimum atomic E-state index is -4.50. The van der Waals surface area contributed by atoms with Gasteiger partial charge < -0.3 is 15.2 Å². The van der Waals surface area contributed by atoms with Crippen molar-refractivity contribution in [2.24, 2.45) is 0 Å². The minimum absolute atomic E-state index is 0. The number of nitrogens with zero attached hydrogens (tertiary/aromatic N) is 1. The molecule has 0 radical (unpaired) electrons. The Morgan fingerprint density at radius 1 is 1.26 bits per heavy atom. The predicted octanol–water partition coefficient (Wildman–Crippen LogP) is 3.31. The maximum Gasteiger partial charge on any atom is 0.416 e. The fourth-order valence-corrected chi connectivity index (χ4v) is 4.04. The van der Waals surface area contributed by atoms with E-state index in [0.29, 0.717) is 12.1 Å². The Morgan fingerprint density at radius 3 is 2.59 bits per heavy atom. The van der Waals surface area contributed by atoms with Gasteiger partial charge in [0.2, 0.25) is 0 Å². The molecule has 0 aliphatic carbocycles. The smallest absolute Gasteiger partial charge is 0.416 e. The SMILES string of the molecule is Cl.O=C(O)COc1cc(C(F)(F)F)ccc1CN1CCCC12CCNCC2. The Morgan fingerprint density at radius 2 is 1.96 bits per heavy atom. The van der Waals surface area contributed by atoms with Crippen LogP contribution in [-0.2, 0) is 17.5 Å². The maximum atomic E-state index is 13.0. The zero-order chi connectivity index (χ0) is 18.8. The molecule has 27 heavy (non-hydrogen) atoms. The Hall–Kier alpha value is -1.51. The standard InChI is InChI=1S/C18H23F3N2O3.ClH/c19-18(20,21)14-3-2-13(15(10-14)26-12-16(24)25)11-23-9-1-4-17(23)5-7-22-8-6-17;/h2-3,10,22H,1,4-9,11-12H2,(H,24,25);1H. The van der Waals surface area contributed by atoms with E-state index in [4.69, 9.17) is 9.84 Å². The monoisotopic (exact) mass is 408 g/mol. The van der Waals surface area contributed by atoms with E-state index in [1.54, 1.807) is 0 Å². The van der Waals surface area contributed by atoms with Gasteiger partial charge in [-0.15, -0.1) is 12.4 Å². The molecule has 5 nitrogen and oxygen atoms in total. The summed E-state index contributed by atoms with van der Waals surface area (Å²) in [6, 6.07) is 3.35. The van der Waals surface area contributed by atoms with Gasteiger partial charge >= 0.3 is 12.1 Å². The van der Waals surface area contributed by atoms with Crippen LogP contribution in [0.1, 0.15) is 36.8 Å². The molecule has 2 N–H and O–H groups in total. The number of rotatable bonds is 5. The highest BCUT2D eigenvalue weighted by Crippen LogP contribution is 2.40. The van der Waals surface area contributed by atoms with Gasteiger partial charge in [-0.2, -0.15) is 13.2 Å². The zero-order valence-electron chi connectivity index (χ0n) is 14.8. The Balaban J connectivity index is 0.00000261. The van der Waals surface area contributed by atoms with Crippen molar-refractivity contribution in [3.8, 4) is 5.75 Å². The summed E-state index contributed by atoms with van der Waals surface area (Å²) in [5.41, 5.74) is -0.156. The van der Waals surface area contributed by atoms with E-state index >= 15 is 0 Å². The number of hydrogen-bond acceptors (Lipinski definition) is 4. The summed E-state index contributed by atoms with van der Waals surface area (Å²) >= 11 is 0. The third-order valence-electron chi connectivity index (χ3n) is 5.38. The largest absolute Gasteiger partial charge is 0.482 e. The Labute approximate surface area is 162 Å². The lowest BCUT2D eigenvalue weighted by Gasteiger charge is -2.42. The number of carboxylic acid groups (broad SMARTS) is 1. The third kappa shape index (κ3) is 5.06. The second-order valence-electron chi connectivity index (χ2n) is 7.00. The summed E-state index contributed by atoms with van der Waals surface area (Å²) in [7, 11) is 0. The van der Waals surface area contributed by atoms with Crippen molar-refractivity contribution in [2.45, 2.75) is 43.9 Å². The van der Waals surface area contributed by atoms with Crippen LogP contribution in [0.3, 0.4) is 0 Å². The van der Waals surface area contributed by atoms with Gasteiger partial charge in [-0.25, -0.2) is 4.79 Å². The van der Waals surface area contributed by atoms with Crippen LogP contribution in [0.2, 0.25) is 0 Å². The van der Waals surface area contributed by atoms with E-state index in [9.17, 15) is 18.0 Å². The fourth-order valence-electron chi connectivity index (χ4n) is 4.04. The van der Waals surface area contributed by atoms with Gasteiger partial charge in [0.1, 0.15) is 5.75 Å². The maximum absolute atomic E-state index is 13.0. The van der Waals surface area contributed by atoms with E-state index < -0.39 is 24.3 Å². The van der Waals surface area contributed by atoms with Gasteiger partial charge in [-0.3, -0.25) is 4.90 Å². The second kappa shape index (κ2) is 8.67. The van der Waals surface area contributed by atoms with Gasteiger partial charge in [-0.1, -0.05) is 6.07 Å². The van der Waals surface area contributed by atoms with Crippen molar-refractivity contribution in [3.63, 3.8) is 0 Å². The van der Waals surface area contributed by atoms with Gasteiger partial charge in [-0.05, 0) is 57.5 Å². The number of nitrogens with one attached hydrogen (secondary N) is 1. The highest BCUT2D eigenvalue weighted by atomic mass is 35.5. The summed E-state index contributed by atoms with van der Waals surface area (Å²) in [4.78, 5) is 13.1. The second-order valence-corrected chi connectivity index (χ2v) is 7.00. The lowest BCUT2D eigenvalue weighted by atomic mass is 9.85. The molecule has 2 saturated heterocycles. The van der Waals surface area contributed by atoms with Crippen LogP contribution in [0.25, 0.3) is 0 Å². The number of aliphatic carboxylic acids is 1. The van der Waals surface area contributed by atoms with Gasteiger partial charge in [0.15, 0.2) is 6.61 Å². The first-order chi connectivity index (χ1) is 12.3. The summed E-state index contributed by atoms with van der Waals surface area (Å²) in [5, 5.41) is 12.2. The molecular formula is C18H24ClF3N2O3. The van der Waals surface area contributed by atoms with Gasteiger partial charge in [0, 0.05) is 17.6 Å². The van der Waals surface area contributed by atoms with E-state index in [0.717, 1.165) is 57.5 Å². The molecule has 1 aromatic rings. The molecule has 0 amide bonds. The topological polar surface area (TPSA) is 61.8 Å². The van der Waals surface area contributed by atoms with Crippen molar-refractivity contribution in [1.29, 1.82) is 0 Å². The molecular weight excluding hydrogens is 385 g/mol. The van der Waals surface area contributed by atoms with Crippen LogP contribution in [0.15, 0.2) is 18.2 Å². The number of halogens is 4. The summed E-state index contributed by atoms with van der Waals surface area (Å²) in [6.45, 7) is 2.56.